The van der Waals surface area contributed by atoms with Crippen LogP contribution in [0.2, 0.25) is 0 Å². The Labute approximate surface area is 169 Å². The topological polar surface area (TPSA) is 86.5 Å². The molecule has 1 heterocycles. The molecular weight excluding hydrogens is 373 g/mol. The number of nitrogens with zero attached hydrogens (tertiary/aromatic N) is 1. The van der Waals surface area contributed by atoms with Crippen LogP contribution in [-0.4, -0.2) is 46.0 Å². The van der Waals surface area contributed by atoms with Gasteiger partial charge in [-0.25, -0.2) is 4.39 Å². The van der Waals surface area contributed by atoms with Gasteiger partial charge in [-0.05, 0) is 48.2 Å². The molecule has 0 radical (unpaired) electrons. The summed E-state index contributed by atoms with van der Waals surface area (Å²) < 4.78 is 15.0. The van der Waals surface area contributed by atoms with Gasteiger partial charge < -0.3 is 25.4 Å². The molecule has 0 aliphatic carbocycles. The molecule has 0 atom stereocenters. The van der Waals surface area contributed by atoms with Gasteiger partial charge in [0.25, 0.3) is 5.91 Å². The first-order chi connectivity index (χ1) is 13.9. The summed E-state index contributed by atoms with van der Waals surface area (Å²) in [7, 11) is 0. The number of hydrogen-bond donors (Lipinski definition) is 4. The maximum atomic E-state index is 13.0. The lowest BCUT2D eigenvalue weighted by Gasteiger charge is -2.26. The summed E-state index contributed by atoms with van der Waals surface area (Å²) in [4.78, 5) is 12.5. The Bertz CT molecular complexity index is 965. The molecule has 29 heavy (non-hydrogen) atoms. The molecule has 0 saturated heterocycles. The fourth-order valence-electron chi connectivity index (χ4n) is 3.05. The second-order valence-corrected chi connectivity index (χ2v) is 7.40. The van der Waals surface area contributed by atoms with Gasteiger partial charge in [-0.2, -0.15) is 0 Å². The van der Waals surface area contributed by atoms with Crippen LogP contribution in [0.3, 0.4) is 0 Å². The number of aliphatic hydroxyl groups excluding tert-OH is 2. The molecule has 0 aliphatic rings. The van der Waals surface area contributed by atoms with Crippen molar-refractivity contribution in [2.24, 2.45) is 0 Å². The summed E-state index contributed by atoms with van der Waals surface area (Å²) in [5.41, 5.74) is 1.57. The molecule has 2 aromatic carbocycles. The summed E-state index contributed by atoms with van der Waals surface area (Å²) in [6.45, 7) is 2.94. The number of fused-ring (bicyclic) bond motifs is 1. The molecule has 7 heteroatoms. The Hall–Kier alpha value is -2.74. The number of rotatable bonds is 9. The number of carbonyl (C=O) groups is 1. The lowest BCUT2D eigenvalue weighted by molar-refractivity contribution is 0.0951. The second kappa shape index (κ2) is 9.17. The SMILES string of the molecule is CC(CO)(CO)NCCn1ccc2ccc(C(=O)NCc3ccc(F)cc3)cc21. The summed E-state index contributed by atoms with van der Waals surface area (Å²) >= 11 is 0. The molecule has 1 aromatic heterocycles. The molecule has 0 bridgehead atoms. The van der Waals surface area contributed by atoms with E-state index in [9.17, 15) is 19.4 Å². The van der Waals surface area contributed by atoms with Gasteiger partial charge in [-0.3, -0.25) is 4.79 Å². The van der Waals surface area contributed by atoms with Crippen LogP contribution in [-0.2, 0) is 13.1 Å². The van der Waals surface area contributed by atoms with Crippen LogP contribution in [0, 0.1) is 5.82 Å². The summed E-state index contributed by atoms with van der Waals surface area (Å²) in [6, 6.07) is 13.5. The Morgan fingerprint density at radius 2 is 1.83 bits per heavy atom. The highest BCUT2D eigenvalue weighted by Crippen LogP contribution is 2.18. The second-order valence-electron chi connectivity index (χ2n) is 7.40. The van der Waals surface area contributed by atoms with Crippen LogP contribution >= 0.6 is 0 Å². The van der Waals surface area contributed by atoms with Gasteiger partial charge in [0.2, 0.25) is 0 Å². The van der Waals surface area contributed by atoms with Crippen molar-refractivity contribution in [2.45, 2.75) is 25.6 Å². The molecule has 3 rings (SSSR count). The average Bonchev–Trinajstić information content (AvgIpc) is 3.15. The Balaban J connectivity index is 1.66. The fourth-order valence-corrected chi connectivity index (χ4v) is 3.05. The van der Waals surface area contributed by atoms with Gasteiger partial charge in [-0.15, -0.1) is 0 Å². The van der Waals surface area contributed by atoms with Crippen molar-refractivity contribution in [1.29, 1.82) is 0 Å². The maximum absolute atomic E-state index is 13.0. The minimum absolute atomic E-state index is 0.158. The zero-order valence-electron chi connectivity index (χ0n) is 16.4. The summed E-state index contributed by atoms with van der Waals surface area (Å²) in [5.74, 6) is -0.505. The van der Waals surface area contributed by atoms with Gasteiger partial charge in [-0.1, -0.05) is 18.2 Å². The van der Waals surface area contributed by atoms with Crippen molar-refractivity contribution in [1.82, 2.24) is 15.2 Å². The van der Waals surface area contributed by atoms with Crippen molar-refractivity contribution >= 4 is 16.8 Å². The van der Waals surface area contributed by atoms with Gasteiger partial charge >= 0.3 is 0 Å². The van der Waals surface area contributed by atoms with E-state index in [0.717, 1.165) is 16.5 Å². The highest BCUT2D eigenvalue weighted by molar-refractivity contribution is 5.98. The zero-order valence-corrected chi connectivity index (χ0v) is 16.4. The lowest BCUT2D eigenvalue weighted by atomic mass is 10.1. The van der Waals surface area contributed by atoms with Crippen LogP contribution in [0.5, 0.6) is 0 Å². The monoisotopic (exact) mass is 399 g/mol. The molecule has 3 aromatic rings. The van der Waals surface area contributed by atoms with E-state index >= 15 is 0 Å². The van der Waals surface area contributed by atoms with Crippen molar-refractivity contribution < 1.29 is 19.4 Å². The highest BCUT2D eigenvalue weighted by atomic mass is 19.1. The molecule has 0 fully saturated rings. The molecular formula is C22H26FN3O3. The fraction of sp³-hybridized carbons (Fsp3) is 0.318. The molecule has 0 unspecified atom stereocenters. The Kier molecular flexibility index (Phi) is 6.64. The van der Waals surface area contributed by atoms with Gasteiger partial charge in [0, 0.05) is 36.9 Å². The molecule has 6 nitrogen and oxygen atoms in total. The normalized spacial score (nSPS) is 11.7. The van der Waals surface area contributed by atoms with Crippen molar-refractivity contribution in [2.75, 3.05) is 19.8 Å². The first-order valence-electron chi connectivity index (χ1n) is 9.52. The maximum Gasteiger partial charge on any atom is 0.251 e. The third-order valence-electron chi connectivity index (χ3n) is 5.00. The van der Waals surface area contributed by atoms with Gasteiger partial charge in [0.05, 0.1) is 18.8 Å². The van der Waals surface area contributed by atoms with E-state index in [2.05, 4.69) is 10.6 Å². The third kappa shape index (κ3) is 5.20. The van der Waals surface area contributed by atoms with Crippen LogP contribution in [0.1, 0.15) is 22.8 Å². The molecule has 154 valence electrons. The van der Waals surface area contributed by atoms with Gasteiger partial charge in [0.15, 0.2) is 0 Å². The van der Waals surface area contributed by atoms with Crippen LogP contribution in [0.25, 0.3) is 10.9 Å². The number of aliphatic hydroxyl groups is 2. The van der Waals surface area contributed by atoms with Crippen molar-refractivity contribution in [3.8, 4) is 0 Å². The quantitative estimate of drug-likeness (QED) is 0.444. The number of hydrogen-bond acceptors (Lipinski definition) is 4. The van der Waals surface area contributed by atoms with E-state index in [4.69, 9.17) is 0 Å². The standard InChI is InChI=1S/C22H26FN3O3/c1-22(14-27,15-28)25-9-11-26-10-8-17-4-5-18(12-20(17)26)21(29)24-13-16-2-6-19(23)7-3-16/h2-8,10,12,25,27-28H,9,11,13-15H2,1H3,(H,24,29). The van der Waals surface area contributed by atoms with E-state index in [0.29, 0.717) is 25.2 Å². The predicted octanol–water partition coefficient (Wildman–Crippen LogP) is 2.04. The van der Waals surface area contributed by atoms with Crippen LogP contribution in [0.4, 0.5) is 4.39 Å². The zero-order chi connectivity index (χ0) is 20.9. The smallest absolute Gasteiger partial charge is 0.251 e. The average molecular weight is 399 g/mol. The summed E-state index contributed by atoms with van der Waals surface area (Å²) in [6.07, 6.45) is 1.95. The number of benzene rings is 2. The highest BCUT2D eigenvalue weighted by Gasteiger charge is 2.20. The molecule has 0 spiro atoms. The summed E-state index contributed by atoms with van der Waals surface area (Å²) in [5, 5.41) is 25.8. The first-order valence-corrected chi connectivity index (χ1v) is 9.52. The van der Waals surface area contributed by atoms with Crippen LogP contribution < -0.4 is 10.6 Å². The molecule has 0 aliphatic heterocycles. The molecule has 4 N–H and O–H groups in total. The number of amides is 1. The number of carbonyl (C=O) groups excluding carboxylic acids is 1. The van der Waals surface area contributed by atoms with E-state index in [1.165, 1.54) is 12.1 Å². The van der Waals surface area contributed by atoms with Gasteiger partial charge in [0.1, 0.15) is 5.82 Å². The largest absolute Gasteiger partial charge is 0.394 e. The Morgan fingerprint density at radius 3 is 2.52 bits per heavy atom. The van der Waals surface area contributed by atoms with E-state index in [-0.39, 0.29) is 24.9 Å². The number of aromatic nitrogens is 1. The molecule has 0 saturated carbocycles. The van der Waals surface area contributed by atoms with Crippen LogP contribution in [0.15, 0.2) is 54.7 Å². The van der Waals surface area contributed by atoms with Crippen molar-refractivity contribution in [3.05, 3.63) is 71.7 Å². The van der Waals surface area contributed by atoms with E-state index < -0.39 is 5.54 Å². The lowest BCUT2D eigenvalue weighted by Crippen LogP contribution is -2.49. The Morgan fingerprint density at radius 1 is 1.10 bits per heavy atom. The van der Waals surface area contributed by atoms with E-state index in [1.807, 2.05) is 29.0 Å². The number of nitrogens with one attached hydrogen (secondary N) is 2. The first kappa shape index (κ1) is 21.0. The predicted molar refractivity (Wildman–Crippen MR) is 110 cm³/mol. The number of halogens is 1. The minimum atomic E-state index is -0.728. The van der Waals surface area contributed by atoms with Crippen molar-refractivity contribution in [3.63, 3.8) is 0 Å². The van der Waals surface area contributed by atoms with E-state index in [1.54, 1.807) is 25.1 Å². The third-order valence-corrected chi connectivity index (χ3v) is 5.00. The molecule has 1 amide bonds. The minimum Gasteiger partial charge on any atom is -0.394 e.